The molecule has 3 amide bonds. The molecule has 0 aliphatic carbocycles. The lowest BCUT2D eigenvalue weighted by molar-refractivity contribution is -0.130. The van der Waals surface area contributed by atoms with Crippen molar-refractivity contribution >= 4 is 29.4 Å². The molecule has 2 aromatic carbocycles. The van der Waals surface area contributed by atoms with Crippen LogP contribution in [0.25, 0.3) is 0 Å². The molecule has 0 bridgehead atoms. The highest BCUT2D eigenvalue weighted by Crippen LogP contribution is 2.40. The third-order valence-electron chi connectivity index (χ3n) is 7.01. The Balaban J connectivity index is 1.81. The fourth-order valence-electron chi connectivity index (χ4n) is 5.15. The molecule has 38 heavy (non-hydrogen) atoms. The molecule has 0 aromatic heterocycles. The van der Waals surface area contributed by atoms with E-state index < -0.39 is 0 Å². The summed E-state index contributed by atoms with van der Waals surface area (Å²) >= 11 is 6.23. The first-order chi connectivity index (χ1) is 18.2. The molecule has 2 aromatic rings. The Morgan fingerprint density at radius 3 is 2.29 bits per heavy atom. The van der Waals surface area contributed by atoms with E-state index in [4.69, 9.17) is 26.1 Å². The first-order valence-corrected chi connectivity index (χ1v) is 13.6. The molecular weight excluding hydrogens is 504 g/mol. The van der Waals surface area contributed by atoms with Crippen LogP contribution in [0.5, 0.6) is 11.5 Å². The number of piperazine rings is 1. The SMILES string of the molecule is CCOc1cc(OC)ccc1C1=NC(CC(C)C)C(c2ccc(Cl)cc2)N1C(=O)N1CCN(C(C)=O)CC1. The van der Waals surface area contributed by atoms with Crippen molar-refractivity contribution in [2.24, 2.45) is 10.9 Å². The van der Waals surface area contributed by atoms with E-state index >= 15 is 0 Å². The zero-order chi connectivity index (χ0) is 27.4. The number of rotatable bonds is 7. The number of nitrogens with zero attached hydrogens (tertiary/aromatic N) is 4. The number of hydrogen-bond donors (Lipinski definition) is 0. The predicted octanol–water partition coefficient (Wildman–Crippen LogP) is 5.25. The Morgan fingerprint density at radius 1 is 1.05 bits per heavy atom. The van der Waals surface area contributed by atoms with Crippen molar-refractivity contribution in [2.45, 2.75) is 46.2 Å². The van der Waals surface area contributed by atoms with Crippen molar-refractivity contribution in [2.75, 3.05) is 39.9 Å². The summed E-state index contributed by atoms with van der Waals surface area (Å²) < 4.78 is 11.4. The van der Waals surface area contributed by atoms with Gasteiger partial charge >= 0.3 is 6.03 Å². The lowest BCUT2D eigenvalue weighted by Gasteiger charge is -2.39. The highest BCUT2D eigenvalue weighted by molar-refractivity contribution is 6.30. The molecule has 8 nitrogen and oxygen atoms in total. The van der Waals surface area contributed by atoms with Crippen LogP contribution in [0.15, 0.2) is 47.5 Å². The summed E-state index contributed by atoms with van der Waals surface area (Å²) in [7, 11) is 1.61. The molecule has 0 spiro atoms. The largest absolute Gasteiger partial charge is 0.497 e. The first-order valence-electron chi connectivity index (χ1n) is 13.2. The second kappa shape index (κ2) is 12.1. The molecule has 2 unspecified atom stereocenters. The molecule has 1 saturated heterocycles. The molecule has 204 valence electrons. The van der Waals surface area contributed by atoms with E-state index in [0.717, 1.165) is 17.5 Å². The van der Waals surface area contributed by atoms with Gasteiger partial charge in [-0.15, -0.1) is 0 Å². The Kier molecular flexibility index (Phi) is 8.82. The van der Waals surface area contributed by atoms with Crippen LogP contribution >= 0.6 is 11.6 Å². The molecule has 2 aliphatic rings. The Bertz CT molecular complexity index is 1180. The second-order valence-corrected chi connectivity index (χ2v) is 10.5. The van der Waals surface area contributed by atoms with E-state index in [9.17, 15) is 9.59 Å². The Morgan fingerprint density at radius 2 is 1.71 bits per heavy atom. The van der Waals surface area contributed by atoms with Crippen LogP contribution in [-0.2, 0) is 4.79 Å². The normalized spacial score (nSPS) is 19.6. The van der Waals surface area contributed by atoms with Crippen LogP contribution < -0.4 is 9.47 Å². The number of ether oxygens (including phenoxy) is 2. The maximum absolute atomic E-state index is 14.3. The van der Waals surface area contributed by atoms with Crippen molar-refractivity contribution in [1.29, 1.82) is 0 Å². The molecule has 9 heteroatoms. The lowest BCUT2D eigenvalue weighted by Crippen LogP contribution is -2.55. The van der Waals surface area contributed by atoms with Crippen molar-refractivity contribution in [3.05, 3.63) is 58.6 Å². The number of methoxy groups -OCH3 is 1. The van der Waals surface area contributed by atoms with Crippen LogP contribution in [0, 0.1) is 5.92 Å². The van der Waals surface area contributed by atoms with Crippen molar-refractivity contribution in [1.82, 2.24) is 14.7 Å². The summed E-state index contributed by atoms with van der Waals surface area (Å²) in [4.78, 5) is 36.8. The highest BCUT2D eigenvalue weighted by Gasteiger charge is 2.44. The number of halogens is 1. The van der Waals surface area contributed by atoms with Gasteiger partial charge in [-0.2, -0.15) is 0 Å². The van der Waals surface area contributed by atoms with E-state index in [2.05, 4.69) is 13.8 Å². The average molecular weight is 541 g/mol. The predicted molar refractivity (Wildman–Crippen MR) is 149 cm³/mol. The monoisotopic (exact) mass is 540 g/mol. The van der Waals surface area contributed by atoms with E-state index in [1.165, 1.54) is 0 Å². The van der Waals surface area contributed by atoms with Gasteiger partial charge in [0.05, 0.1) is 31.4 Å². The Hall–Kier alpha value is -3.26. The van der Waals surface area contributed by atoms with Crippen molar-refractivity contribution < 1.29 is 19.1 Å². The average Bonchev–Trinajstić information content (AvgIpc) is 3.26. The van der Waals surface area contributed by atoms with Crippen LogP contribution in [-0.4, -0.2) is 78.4 Å². The van der Waals surface area contributed by atoms with Crippen LogP contribution in [0.4, 0.5) is 4.79 Å². The van der Waals surface area contributed by atoms with E-state index in [1.54, 1.807) is 18.9 Å². The molecule has 0 N–H and O–H groups in total. The molecule has 2 atom stereocenters. The summed E-state index contributed by atoms with van der Waals surface area (Å²) in [5.74, 6) is 2.26. The maximum atomic E-state index is 14.3. The zero-order valence-electron chi connectivity index (χ0n) is 22.8. The third-order valence-corrected chi connectivity index (χ3v) is 7.27. The Labute approximate surface area is 230 Å². The summed E-state index contributed by atoms with van der Waals surface area (Å²) in [6, 6.07) is 12.7. The number of hydrogen-bond acceptors (Lipinski definition) is 5. The van der Waals surface area contributed by atoms with Gasteiger partial charge in [-0.1, -0.05) is 37.6 Å². The second-order valence-electron chi connectivity index (χ2n) is 10.1. The number of carbonyl (C=O) groups excluding carboxylic acids is 2. The van der Waals surface area contributed by atoms with Crippen molar-refractivity contribution in [3.63, 3.8) is 0 Å². The van der Waals surface area contributed by atoms with Crippen LogP contribution in [0.3, 0.4) is 0 Å². The topological polar surface area (TPSA) is 74.7 Å². The van der Waals surface area contributed by atoms with Gasteiger partial charge in [0.1, 0.15) is 17.3 Å². The molecule has 4 rings (SSSR count). The van der Waals surface area contributed by atoms with Gasteiger partial charge in [-0.25, -0.2) is 4.79 Å². The summed E-state index contributed by atoms with van der Waals surface area (Å²) in [6.07, 6.45) is 0.804. The van der Waals surface area contributed by atoms with Gasteiger partial charge in [-0.05, 0) is 49.1 Å². The smallest absolute Gasteiger partial charge is 0.326 e. The van der Waals surface area contributed by atoms with Gasteiger partial charge in [0.25, 0.3) is 0 Å². The van der Waals surface area contributed by atoms with Gasteiger partial charge in [0.15, 0.2) is 0 Å². The summed E-state index contributed by atoms with van der Waals surface area (Å²) in [5.41, 5.74) is 1.72. The molecular formula is C29H37ClN4O4. The van der Waals surface area contributed by atoms with Gasteiger partial charge in [0.2, 0.25) is 5.91 Å². The van der Waals surface area contributed by atoms with E-state index in [-0.39, 0.29) is 24.0 Å². The zero-order valence-corrected chi connectivity index (χ0v) is 23.6. The van der Waals surface area contributed by atoms with Crippen LogP contribution in [0.1, 0.15) is 51.3 Å². The fraction of sp³-hybridized carbons (Fsp3) is 0.483. The minimum absolute atomic E-state index is 0.0242. The number of carbonyl (C=O) groups is 2. The van der Waals surface area contributed by atoms with E-state index in [1.807, 2.05) is 59.2 Å². The third kappa shape index (κ3) is 5.90. The van der Waals surface area contributed by atoms with Crippen molar-refractivity contribution in [3.8, 4) is 11.5 Å². The fourth-order valence-corrected chi connectivity index (χ4v) is 5.28. The van der Waals surface area contributed by atoms with Crippen LogP contribution in [0.2, 0.25) is 5.02 Å². The van der Waals surface area contributed by atoms with Gasteiger partial charge in [0, 0.05) is 44.2 Å². The minimum Gasteiger partial charge on any atom is -0.497 e. The number of aliphatic imine (C=N–C) groups is 1. The number of amides is 3. The van der Waals surface area contributed by atoms with Gasteiger partial charge in [-0.3, -0.25) is 14.7 Å². The maximum Gasteiger partial charge on any atom is 0.326 e. The molecule has 2 heterocycles. The molecule has 0 saturated carbocycles. The first kappa shape index (κ1) is 27.8. The molecule has 0 radical (unpaired) electrons. The number of urea groups is 1. The molecule has 2 aliphatic heterocycles. The number of amidine groups is 1. The molecule has 1 fully saturated rings. The lowest BCUT2D eigenvalue weighted by atomic mass is 9.93. The quantitative estimate of drug-likeness (QED) is 0.481. The number of benzene rings is 2. The summed E-state index contributed by atoms with van der Waals surface area (Å²) in [6.45, 7) is 10.2. The van der Waals surface area contributed by atoms with Gasteiger partial charge < -0.3 is 19.3 Å². The van der Waals surface area contributed by atoms with E-state index in [0.29, 0.717) is 61.1 Å². The highest BCUT2D eigenvalue weighted by atomic mass is 35.5. The minimum atomic E-state index is -0.306. The summed E-state index contributed by atoms with van der Waals surface area (Å²) in [5, 5.41) is 0.639. The standard InChI is InChI=1S/C29H37ClN4O4/c1-6-38-26-18-23(37-5)11-12-24(26)28-31-25(17-19(2)3)27(21-7-9-22(30)10-8-21)34(28)29(36)33-15-13-32(14-16-33)20(4)35/h7-12,18-19,25,27H,6,13-17H2,1-5H3.